The van der Waals surface area contributed by atoms with Crippen molar-refractivity contribution in [2.75, 3.05) is 43.4 Å². The number of nitrogens with two attached hydrogens (primary N) is 1. The second-order valence-electron chi connectivity index (χ2n) is 7.70. The van der Waals surface area contributed by atoms with E-state index >= 15 is 0 Å². The number of hydrogen-bond donors (Lipinski definition) is 1. The Hall–Kier alpha value is -2.67. The fourth-order valence-corrected chi connectivity index (χ4v) is 4.16. The minimum absolute atomic E-state index is 0.100. The maximum absolute atomic E-state index is 13.1. The van der Waals surface area contributed by atoms with Crippen molar-refractivity contribution in [3.63, 3.8) is 0 Å². The van der Waals surface area contributed by atoms with Crippen molar-refractivity contribution >= 4 is 17.7 Å². The number of fused-ring (bicyclic) bond motifs is 1. The molecule has 1 amide bonds. The molecule has 0 spiro atoms. The fraction of sp³-hybridized carbons (Fsp3) is 0.476. The number of benzene rings is 1. The van der Waals surface area contributed by atoms with Gasteiger partial charge in [-0.15, -0.1) is 0 Å². The lowest BCUT2D eigenvalue weighted by atomic mass is 9.98. The number of aryl methyl sites for hydroxylation is 1. The maximum Gasteiger partial charge on any atom is 0.239 e. The third-order valence-corrected chi connectivity index (χ3v) is 5.84. The molecule has 2 N–H and O–H groups in total. The Labute approximate surface area is 166 Å². The molecule has 0 radical (unpaired) electrons. The molecule has 0 bridgehead atoms. The van der Waals surface area contributed by atoms with Crippen LogP contribution in [0.2, 0.25) is 0 Å². The Morgan fingerprint density at radius 1 is 1.07 bits per heavy atom. The summed E-state index contributed by atoms with van der Waals surface area (Å²) in [4.78, 5) is 28.0. The van der Waals surface area contributed by atoms with Crippen LogP contribution in [0, 0.1) is 6.92 Å². The predicted molar refractivity (Wildman–Crippen MR) is 110 cm³/mol. The number of carbonyl (C=O) groups excluding carboxylic acids is 1. The van der Waals surface area contributed by atoms with Crippen molar-refractivity contribution < 1.29 is 4.79 Å². The van der Waals surface area contributed by atoms with E-state index in [1.54, 1.807) is 0 Å². The Morgan fingerprint density at radius 3 is 2.50 bits per heavy atom. The average Bonchev–Trinajstić information content (AvgIpc) is 2.72. The number of piperazine rings is 1. The Bertz CT molecular complexity index is 841. The van der Waals surface area contributed by atoms with Gasteiger partial charge in [0.05, 0.1) is 6.04 Å². The van der Waals surface area contributed by atoms with Crippen molar-refractivity contribution in [1.82, 2.24) is 19.8 Å². The van der Waals surface area contributed by atoms with Gasteiger partial charge in [-0.1, -0.05) is 24.3 Å². The zero-order chi connectivity index (χ0) is 19.7. The van der Waals surface area contributed by atoms with Gasteiger partial charge in [0.1, 0.15) is 5.82 Å². The summed E-state index contributed by atoms with van der Waals surface area (Å²) in [5.74, 6) is 1.36. The van der Waals surface area contributed by atoms with E-state index in [1.165, 1.54) is 11.1 Å². The normalized spacial score (nSPS) is 18.6. The van der Waals surface area contributed by atoms with E-state index in [9.17, 15) is 4.79 Å². The summed E-state index contributed by atoms with van der Waals surface area (Å²) in [6, 6.07) is 10.4. The number of rotatable bonds is 3. The first-order chi connectivity index (χ1) is 13.5. The molecule has 7 heteroatoms. The first kappa shape index (κ1) is 18.7. The highest BCUT2D eigenvalue weighted by Crippen LogP contribution is 2.22. The quantitative estimate of drug-likeness (QED) is 0.869. The summed E-state index contributed by atoms with van der Waals surface area (Å²) < 4.78 is 0. The molecular formula is C21H28N6O. The van der Waals surface area contributed by atoms with E-state index in [0.29, 0.717) is 19.0 Å². The second-order valence-corrected chi connectivity index (χ2v) is 7.70. The summed E-state index contributed by atoms with van der Waals surface area (Å²) in [6.45, 7) is 8.67. The number of aromatic nitrogens is 2. The van der Waals surface area contributed by atoms with Gasteiger partial charge in [0.25, 0.3) is 0 Å². The number of nitrogen functional groups attached to an aromatic ring is 1. The van der Waals surface area contributed by atoms with Gasteiger partial charge >= 0.3 is 0 Å². The molecule has 2 aliphatic rings. The lowest BCUT2D eigenvalue weighted by Gasteiger charge is -2.39. The first-order valence-electron chi connectivity index (χ1n) is 9.97. The fourth-order valence-electron chi connectivity index (χ4n) is 4.16. The Morgan fingerprint density at radius 2 is 1.79 bits per heavy atom. The van der Waals surface area contributed by atoms with E-state index in [-0.39, 0.29) is 11.9 Å². The summed E-state index contributed by atoms with van der Waals surface area (Å²) in [5, 5.41) is 0. The van der Waals surface area contributed by atoms with Gasteiger partial charge in [0.2, 0.25) is 11.9 Å². The largest absolute Gasteiger partial charge is 0.368 e. The number of anilines is 2. The van der Waals surface area contributed by atoms with Gasteiger partial charge in [-0.25, -0.2) is 4.98 Å². The van der Waals surface area contributed by atoms with Crippen LogP contribution < -0.4 is 10.6 Å². The van der Waals surface area contributed by atoms with E-state index < -0.39 is 0 Å². The molecule has 148 valence electrons. The number of nitrogens with zero attached hydrogens (tertiary/aromatic N) is 5. The first-order valence-corrected chi connectivity index (χ1v) is 9.97. The molecule has 2 aliphatic heterocycles. The summed E-state index contributed by atoms with van der Waals surface area (Å²) >= 11 is 0. The van der Waals surface area contributed by atoms with Crippen molar-refractivity contribution in [3.8, 4) is 0 Å². The summed E-state index contributed by atoms with van der Waals surface area (Å²) in [6.07, 6.45) is 1.01. The van der Waals surface area contributed by atoms with Gasteiger partial charge in [-0.05, 0) is 31.4 Å². The minimum atomic E-state index is -0.100. The number of carbonyl (C=O) groups is 1. The monoisotopic (exact) mass is 380 g/mol. The highest BCUT2D eigenvalue weighted by atomic mass is 16.2. The van der Waals surface area contributed by atoms with Crippen LogP contribution in [0.3, 0.4) is 0 Å². The van der Waals surface area contributed by atoms with E-state index in [0.717, 1.165) is 44.1 Å². The van der Waals surface area contributed by atoms with Crippen LogP contribution in [0.25, 0.3) is 0 Å². The Balaban J connectivity index is 1.36. The predicted octanol–water partition coefficient (Wildman–Crippen LogP) is 1.46. The molecule has 0 unspecified atom stereocenters. The standard InChI is InChI=1S/C21H28N6O/c1-15-13-19(24-21(22)23-15)25-9-11-26(12-10-25)20(28)16(2)27-8-7-17-5-3-4-6-18(17)14-27/h3-6,13,16H,7-12,14H2,1-2H3,(H2,22,23,24)/t16-/m0/s1. The molecule has 3 heterocycles. The molecule has 1 saturated heterocycles. The number of amides is 1. The van der Waals surface area contributed by atoms with Crippen LogP contribution >= 0.6 is 0 Å². The van der Waals surface area contributed by atoms with Crippen LogP contribution in [0.15, 0.2) is 30.3 Å². The lowest BCUT2D eigenvalue weighted by molar-refractivity contribution is -0.137. The van der Waals surface area contributed by atoms with Crippen LogP contribution in [-0.4, -0.2) is 64.4 Å². The molecule has 1 aromatic carbocycles. The average molecular weight is 380 g/mol. The highest BCUT2D eigenvalue weighted by Gasteiger charge is 2.30. The van der Waals surface area contributed by atoms with Gasteiger partial charge in [0, 0.05) is 51.0 Å². The lowest BCUT2D eigenvalue weighted by Crippen LogP contribution is -2.55. The zero-order valence-electron chi connectivity index (χ0n) is 16.6. The second kappa shape index (κ2) is 7.75. The van der Waals surface area contributed by atoms with E-state index in [1.807, 2.05) is 24.8 Å². The molecule has 0 saturated carbocycles. The van der Waals surface area contributed by atoms with Crippen molar-refractivity contribution in [3.05, 3.63) is 47.2 Å². The topological polar surface area (TPSA) is 78.6 Å². The van der Waals surface area contributed by atoms with Crippen LogP contribution in [0.5, 0.6) is 0 Å². The summed E-state index contributed by atoms with van der Waals surface area (Å²) in [5.41, 5.74) is 9.39. The maximum atomic E-state index is 13.1. The molecular weight excluding hydrogens is 352 g/mol. The zero-order valence-corrected chi connectivity index (χ0v) is 16.6. The van der Waals surface area contributed by atoms with Crippen LogP contribution in [0.4, 0.5) is 11.8 Å². The molecule has 1 atom stereocenters. The minimum Gasteiger partial charge on any atom is -0.368 e. The molecule has 1 aromatic heterocycles. The summed E-state index contributed by atoms with van der Waals surface area (Å²) in [7, 11) is 0. The number of hydrogen-bond acceptors (Lipinski definition) is 6. The van der Waals surface area contributed by atoms with Gasteiger partial charge < -0.3 is 15.5 Å². The molecule has 4 rings (SSSR count). The molecule has 1 fully saturated rings. The molecule has 2 aromatic rings. The van der Waals surface area contributed by atoms with Gasteiger partial charge in [-0.3, -0.25) is 9.69 Å². The smallest absolute Gasteiger partial charge is 0.239 e. The van der Waals surface area contributed by atoms with Gasteiger partial charge in [-0.2, -0.15) is 4.98 Å². The third-order valence-electron chi connectivity index (χ3n) is 5.84. The van der Waals surface area contributed by atoms with Crippen molar-refractivity contribution in [2.24, 2.45) is 0 Å². The van der Waals surface area contributed by atoms with Gasteiger partial charge in [0.15, 0.2) is 0 Å². The van der Waals surface area contributed by atoms with E-state index in [4.69, 9.17) is 5.73 Å². The Kier molecular flexibility index (Phi) is 5.17. The van der Waals surface area contributed by atoms with Crippen LogP contribution in [-0.2, 0) is 17.8 Å². The van der Waals surface area contributed by atoms with Crippen LogP contribution in [0.1, 0.15) is 23.7 Å². The highest BCUT2D eigenvalue weighted by molar-refractivity contribution is 5.81. The SMILES string of the molecule is Cc1cc(N2CCN(C(=O)[C@H](C)N3CCc4ccccc4C3)CC2)nc(N)n1. The molecule has 28 heavy (non-hydrogen) atoms. The molecule has 0 aliphatic carbocycles. The molecule has 7 nitrogen and oxygen atoms in total. The van der Waals surface area contributed by atoms with Crippen molar-refractivity contribution in [2.45, 2.75) is 32.9 Å². The van der Waals surface area contributed by atoms with E-state index in [2.05, 4.69) is 44.0 Å². The van der Waals surface area contributed by atoms with Crippen molar-refractivity contribution in [1.29, 1.82) is 0 Å². The third kappa shape index (κ3) is 3.80.